The topological polar surface area (TPSA) is 37.3 Å². The summed E-state index contributed by atoms with van der Waals surface area (Å²) in [5.74, 6) is 0.0565. The van der Waals surface area contributed by atoms with Crippen LogP contribution in [-0.4, -0.2) is 17.5 Å². The Balaban J connectivity index is 2.30. The lowest BCUT2D eigenvalue weighted by molar-refractivity contribution is 0.101. The van der Waals surface area contributed by atoms with Crippen molar-refractivity contribution in [2.45, 2.75) is 6.92 Å². The van der Waals surface area contributed by atoms with Crippen LogP contribution in [-0.2, 0) is 0 Å². The monoisotopic (exact) mass is 252 g/mol. The second-order valence-corrected chi connectivity index (χ2v) is 4.37. The molecular formula is C17H16O2. The maximum atomic E-state index is 11.2. The lowest BCUT2D eigenvalue weighted by Gasteiger charge is -2.05. The number of ketones is 1. The smallest absolute Gasteiger partial charge is 0.159 e. The molecule has 0 unspecified atom stereocenters. The van der Waals surface area contributed by atoms with Gasteiger partial charge in [0.2, 0.25) is 0 Å². The third kappa shape index (κ3) is 3.39. The highest BCUT2D eigenvalue weighted by molar-refractivity contribution is 5.94. The van der Waals surface area contributed by atoms with Crippen LogP contribution in [0.3, 0.4) is 0 Å². The summed E-state index contributed by atoms with van der Waals surface area (Å²) in [6.45, 7) is 1.53. The van der Waals surface area contributed by atoms with Crippen LogP contribution in [0.1, 0.15) is 28.4 Å². The summed E-state index contributed by atoms with van der Waals surface area (Å²) in [6, 6.07) is 17.1. The van der Waals surface area contributed by atoms with E-state index in [4.69, 9.17) is 0 Å². The van der Waals surface area contributed by atoms with Crippen LogP contribution in [0, 0.1) is 0 Å². The van der Waals surface area contributed by atoms with Gasteiger partial charge in [-0.05, 0) is 29.7 Å². The summed E-state index contributed by atoms with van der Waals surface area (Å²) in [4.78, 5) is 11.2. The average molecular weight is 252 g/mol. The molecule has 0 saturated heterocycles. The van der Waals surface area contributed by atoms with Crippen LogP contribution in [0.5, 0.6) is 0 Å². The van der Waals surface area contributed by atoms with E-state index in [0.717, 1.165) is 16.7 Å². The summed E-state index contributed by atoms with van der Waals surface area (Å²) in [6.07, 6.45) is 1.93. The zero-order chi connectivity index (χ0) is 13.7. The largest absolute Gasteiger partial charge is 0.392 e. The van der Waals surface area contributed by atoms with Crippen LogP contribution in [0.15, 0.2) is 54.6 Å². The second kappa shape index (κ2) is 6.12. The van der Waals surface area contributed by atoms with E-state index >= 15 is 0 Å². The molecule has 0 fully saturated rings. The molecule has 2 rings (SSSR count). The summed E-state index contributed by atoms with van der Waals surface area (Å²) < 4.78 is 0. The Bertz CT molecular complexity index is 580. The number of benzene rings is 2. The highest BCUT2D eigenvalue weighted by Gasteiger charge is 2.01. The maximum Gasteiger partial charge on any atom is 0.159 e. The molecule has 0 aliphatic rings. The van der Waals surface area contributed by atoms with Gasteiger partial charge in [0.05, 0.1) is 6.61 Å². The lowest BCUT2D eigenvalue weighted by atomic mass is 10.0. The molecule has 0 saturated carbocycles. The van der Waals surface area contributed by atoms with E-state index in [2.05, 4.69) is 0 Å². The van der Waals surface area contributed by atoms with Crippen molar-refractivity contribution in [3.05, 3.63) is 71.3 Å². The van der Waals surface area contributed by atoms with Crippen molar-refractivity contribution in [1.29, 1.82) is 0 Å². The Kier molecular flexibility index (Phi) is 4.26. The van der Waals surface area contributed by atoms with E-state index < -0.39 is 0 Å². The van der Waals surface area contributed by atoms with Crippen molar-refractivity contribution in [3.8, 4) is 0 Å². The molecular weight excluding hydrogens is 236 g/mol. The van der Waals surface area contributed by atoms with Gasteiger partial charge in [-0.2, -0.15) is 0 Å². The first-order chi connectivity index (χ1) is 9.20. The van der Waals surface area contributed by atoms with Crippen LogP contribution >= 0.6 is 0 Å². The highest BCUT2D eigenvalue weighted by atomic mass is 16.3. The number of carbonyl (C=O) groups is 1. The molecule has 2 heteroatoms. The molecule has 96 valence electrons. The molecule has 0 aromatic heterocycles. The quantitative estimate of drug-likeness (QED) is 0.668. The Hall–Kier alpha value is -2.19. The predicted molar refractivity (Wildman–Crippen MR) is 77.8 cm³/mol. The first kappa shape index (κ1) is 13.2. The molecule has 0 amide bonds. The van der Waals surface area contributed by atoms with E-state index in [1.165, 1.54) is 0 Å². The third-order valence-electron chi connectivity index (χ3n) is 2.97. The van der Waals surface area contributed by atoms with Gasteiger partial charge in [0.1, 0.15) is 0 Å². The van der Waals surface area contributed by atoms with E-state index in [-0.39, 0.29) is 12.4 Å². The van der Waals surface area contributed by atoms with Gasteiger partial charge in [-0.25, -0.2) is 0 Å². The van der Waals surface area contributed by atoms with Gasteiger partial charge >= 0.3 is 0 Å². The van der Waals surface area contributed by atoms with Crippen molar-refractivity contribution in [2.75, 3.05) is 6.61 Å². The van der Waals surface area contributed by atoms with Crippen molar-refractivity contribution >= 4 is 17.4 Å². The summed E-state index contributed by atoms with van der Waals surface area (Å²) in [5.41, 5.74) is 3.53. The van der Waals surface area contributed by atoms with E-state index in [0.29, 0.717) is 5.56 Å². The molecule has 1 N–H and O–H groups in total. The first-order valence-electron chi connectivity index (χ1n) is 6.18. The SMILES string of the molecule is CC(=O)c1ccc(/C=C(\CO)c2ccccc2)cc1. The number of hydrogen-bond acceptors (Lipinski definition) is 2. The number of aliphatic hydroxyl groups excluding tert-OH is 1. The van der Waals surface area contributed by atoms with E-state index in [1.807, 2.05) is 48.5 Å². The highest BCUT2D eigenvalue weighted by Crippen LogP contribution is 2.18. The molecule has 0 bridgehead atoms. The number of Topliss-reactive ketones (excluding diaryl/α,β-unsaturated/α-hetero) is 1. The number of carbonyl (C=O) groups excluding carboxylic acids is 1. The van der Waals surface area contributed by atoms with Gasteiger partial charge in [0.15, 0.2) is 5.78 Å². The molecule has 0 aliphatic heterocycles. The second-order valence-electron chi connectivity index (χ2n) is 4.37. The summed E-state index contributed by atoms with van der Waals surface area (Å²) >= 11 is 0. The molecule has 0 aliphatic carbocycles. The fourth-order valence-corrected chi connectivity index (χ4v) is 1.89. The molecule has 0 spiro atoms. The fraction of sp³-hybridized carbons (Fsp3) is 0.118. The van der Waals surface area contributed by atoms with Crippen LogP contribution in [0.25, 0.3) is 11.6 Å². The molecule has 2 nitrogen and oxygen atoms in total. The van der Waals surface area contributed by atoms with Gasteiger partial charge in [-0.3, -0.25) is 4.79 Å². The Morgan fingerprint density at radius 3 is 2.16 bits per heavy atom. The molecule has 19 heavy (non-hydrogen) atoms. The average Bonchev–Trinajstić information content (AvgIpc) is 2.46. The standard InChI is InChI=1S/C17H16O2/c1-13(19)15-9-7-14(8-10-15)11-17(12-18)16-5-3-2-4-6-16/h2-11,18H,12H2,1H3/b17-11+. The molecule has 2 aromatic rings. The van der Waals surface area contributed by atoms with Gasteiger partial charge in [0.25, 0.3) is 0 Å². The van der Waals surface area contributed by atoms with Gasteiger partial charge in [-0.1, -0.05) is 54.6 Å². The normalized spacial score (nSPS) is 11.4. The Morgan fingerprint density at radius 1 is 1.00 bits per heavy atom. The summed E-state index contributed by atoms with van der Waals surface area (Å²) in [7, 11) is 0. The minimum atomic E-state index is -0.0154. The van der Waals surface area contributed by atoms with Crippen molar-refractivity contribution < 1.29 is 9.90 Å². The van der Waals surface area contributed by atoms with Crippen molar-refractivity contribution in [1.82, 2.24) is 0 Å². The van der Waals surface area contributed by atoms with Gasteiger partial charge in [0, 0.05) is 5.56 Å². The zero-order valence-electron chi connectivity index (χ0n) is 10.8. The first-order valence-corrected chi connectivity index (χ1v) is 6.18. The maximum absolute atomic E-state index is 11.2. The molecule has 0 heterocycles. The van der Waals surface area contributed by atoms with E-state index in [9.17, 15) is 9.90 Å². The number of hydrogen-bond donors (Lipinski definition) is 1. The summed E-state index contributed by atoms with van der Waals surface area (Å²) in [5, 5.41) is 9.46. The van der Waals surface area contributed by atoms with Crippen molar-refractivity contribution in [3.63, 3.8) is 0 Å². The van der Waals surface area contributed by atoms with Gasteiger partial charge in [-0.15, -0.1) is 0 Å². The molecule has 0 atom stereocenters. The minimum Gasteiger partial charge on any atom is -0.392 e. The molecule has 2 aromatic carbocycles. The predicted octanol–water partition coefficient (Wildman–Crippen LogP) is 3.42. The van der Waals surface area contributed by atoms with Crippen LogP contribution in [0.2, 0.25) is 0 Å². The minimum absolute atomic E-state index is 0.0154. The Morgan fingerprint density at radius 2 is 1.63 bits per heavy atom. The molecule has 0 radical (unpaired) electrons. The van der Waals surface area contributed by atoms with Crippen molar-refractivity contribution in [2.24, 2.45) is 0 Å². The third-order valence-corrected chi connectivity index (χ3v) is 2.97. The van der Waals surface area contributed by atoms with Crippen LogP contribution < -0.4 is 0 Å². The van der Waals surface area contributed by atoms with E-state index in [1.54, 1.807) is 19.1 Å². The van der Waals surface area contributed by atoms with Crippen LogP contribution in [0.4, 0.5) is 0 Å². The number of rotatable bonds is 4. The fourth-order valence-electron chi connectivity index (χ4n) is 1.89. The lowest BCUT2D eigenvalue weighted by Crippen LogP contribution is -1.92. The Labute approximate surface area is 113 Å². The zero-order valence-corrected chi connectivity index (χ0v) is 10.8. The number of aliphatic hydroxyl groups is 1. The van der Waals surface area contributed by atoms with Gasteiger partial charge < -0.3 is 5.11 Å².